The number of nitrogens with two attached hydrogens (primary N) is 1. The van der Waals surface area contributed by atoms with E-state index in [1.54, 1.807) is 4.57 Å². The number of nitrogen functional groups attached to an aromatic ring is 1. The summed E-state index contributed by atoms with van der Waals surface area (Å²) in [6, 6.07) is 7.93. The van der Waals surface area contributed by atoms with Gasteiger partial charge in [0.1, 0.15) is 0 Å². The van der Waals surface area contributed by atoms with Crippen LogP contribution in [0, 0.1) is 0 Å². The molecule has 30 heavy (non-hydrogen) atoms. The van der Waals surface area contributed by atoms with Crippen LogP contribution in [0.4, 0.5) is 5.82 Å². The number of anilines is 1. The van der Waals surface area contributed by atoms with Crippen LogP contribution in [0.3, 0.4) is 0 Å². The van der Waals surface area contributed by atoms with Gasteiger partial charge in [-0.2, -0.15) is 0 Å². The molecular formula is C20H26AsN5O4. The van der Waals surface area contributed by atoms with E-state index in [1.807, 2.05) is 24.3 Å². The second kappa shape index (κ2) is 10.3. The van der Waals surface area contributed by atoms with Gasteiger partial charge in [-0.15, -0.1) is 0 Å². The Morgan fingerprint density at radius 2 is 2.17 bits per heavy atom. The van der Waals surface area contributed by atoms with Crippen molar-refractivity contribution in [3.63, 3.8) is 0 Å². The van der Waals surface area contributed by atoms with E-state index in [1.165, 1.54) is 4.35 Å². The topological polar surface area (TPSA) is 136 Å². The van der Waals surface area contributed by atoms with Gasteiger partial charge >= 0.3 is 180 Å². The van der Waals surface area contributed by atoms with E-state index >= 15 is 0 Å². The first-order chi connectivity index (χ1) is 14.5. The van der Waals surface area contributed by atoms with Crippen molar-refractivity contribution in [2.24, 2.45) is 0 Å². The summed E-state index contributed by atoms with van der Waals surface area (Å²) in [6.45, 7) is 3.08. The van der Waals surface area contributed by atoms with E-state index in [2.05, 4.69) is 21.9 Å². The molecular weight excluding hydrogens is 449 g/mol. The Bertz CT molecular complexity index is 1080. The van der Waals surface area contributed by atoms with Gasteiger partial charge in [-0.05, 0) is 0 Å². The molecule has 1 aromatic carbocycles. The van der Waals surface area contributed by atoms with Crippen LogP contribution < -0.4 is 20.5 Å². The second-order valence-corrected chi connectivity index (χ2v) is 9.93. The number of benzene rings is 1. The predicted octanol–water partition coefficient (Wildman–Crippen LogP) is 1.08. The SMILES string of the molecule is CCCCOc1nc(N)c2[nH]c(=O)n(CCC[AsH]c3cccc(CC(=O)O)c3)c2n1. The van der Waals surface area contributed by atoms with Crippen molar-refractivity contribution in [2.45, 2.75) is 44.4 Å². The van der Waals surface area contributed by atoms with Gasteiger partial charge in [0.15, 0.2) is 0 Å². The first kappa shape index (κ1) is 21.9. The first-order valence-electron chi connectivity index (χ1n) is 9.91. The number of imidazole rings is 1. The summed E-state index contributed by atoms with van der Waals surface area (Å²) in [4.78, 5) is 34.5. The maximum absolute atomic E-state index is 12.4. The van der Waals surface area contributed by atoms with Gasteiger partial charge in [-0.3, -0.25) is 0 Å². The summed E-state index contributed by atoms with van der Waals surface area (Å²) in [5, 5.41) is 9.90. The molecule has 0 saturated carbocycles. The number of ether oxygens (including phenoxy) is 1. The number of hydrogen-bond donors (Lipinski definition) is 3. The van der Waals surface area contributed by atoms with Crippen molar-refractivity contribution in [3.8, 4) is 6.01 Å². The van der Waals surface area contributed by atoms with E-state index in [0.717, 1.165) is 30.0 Å². The Morgan fingerprint density at radius 1 is 1.33 bits per heavy atom. The number of unbranched alkanes of at least 4 members (excludes halogenated alkanes) is 1. The van der Waals surface area contributed by atoms with Gasteiger partial charge in [0.25, 0.3) is 0 Å². The fraction of sp³-hybridized carbons (Fsp3) is 0.400. The average Bonchev–Trinajstić information content (AvgIpc) is 3.01. The molecule has 2 heterocycles. The van der Waals surface area contributed by atoms with E-state index in [9.17, 15) is 9.59 Å². The zero-order chi connectivity index (χ0) is 21.5. The molecule has 3 aromatic rings. The fourth-order valence-electron chi connectivity index (χ4n) is 3.05. The molecule has 0 aliphatic carbocycles. The molecule has 0 amide bonds. The molecule has 1 unspecified atom stereocenters. The third-order valence-corrected chi connectivity index (χ3v) is 7.30. The van der Waals surface area contributed by atoms with Gasteiger partial charge in [-0.25, -0.2) is 0 Å². The molecule has 0 aliphatic rings. The molecule has 160 valence electrons. The Balaban J connectivity index is 1.65. The predicted molar refractivity (Wildman–Crippen MR) is 117 cm³/mol. The summed E-state index contributed by atoms with van der Waals surface area (Å²) >= 11 is -0.424. The normalized spacial score (nSPS) is 11.5. The molecule has 0 bridgehead atoms. The Hall–Kier alpha value is -2.80. The molecule has 10 heteroatoms. The third-order valence-electron chi connectivity index (χ3n) is 4.53. The van der Waals surface area contributed by atoms with Crippen molar-refractivity contribution in [1.29, 1.82) is 0 Å². The van der Waals surface area contributed by atoms with Gasteiger partial charge in [0.2, 0.25) is 0 Å². The molecule has 1 atom stereocenters. The number of carboxylic acid groups (broad SMARTS) is 1. The van der Waals surface area contributed by atoms with Gasteiger partial charge in [-0.1, -0.05) is 0 Å². The van der Waals surface area contributed by atoms with Crippen molar-refractivity contribution in [3.05, 3.63) is 40.3 Å². The van der Waals surface area contributed by atoms with Gasteiger partial charge in [0.05, 0.1) is 0 Å². The monoisotopic (exact) mass is 475 g/mol. The van der Waals surface area contributed by atoms with Gasteiger partial charge in [0, 0.05) is 0 Å². The molecule has 2 aromatic heterocycles. The summed E-state index contributed by atoms with van der Waals surface area (Å²) in [5.74, 6) is -0.629. The zero-order valence-corrected chi connectivity index (χ0v) is 18.9. The number of nitrogens with one attached hydrogen (secondary N) is 1. The summed E-state index contributed by atoms with van der Waals surface area (Å²) < 4.78 is 8.34. The van der Waals surface area contributed by atoms with Crippen LogP contribution in [0.2, 0.25) is 5.21 Å². The molecule has 4 N–H and O–H groups in total. The van der Waals surface area contributed by atoms with Crippen LogP contribution >= 0.6 is 0 Å². The standard InChI is InChI=1S/C20H26AsN5O4/c1-2-3-10-30-19-24-17(22)16-18(25-19)26(20(29)23-16)9-5-8-21-14-7-4-6-13(11-14)12-15(27)28/h4,6-7,11,21H,2-3,5,8-10,12H2,1H3,(H,23,29)(H,27,28)(H2,22,24,25). The van der Waals surface area contributed by atoms with Crippen molar-refractivity contribution >= 4 is 43.1 Å². The number of carboxylic acids is 1. The van der Waals surface area contributed by atoms with Crippen LogP contribution in [-0.2, 0) is 17.8 Å². The summed E-state index contributed by atoms with van der Waals surface area (Å²) in [5.41, 5.74) is 7.42. The third kappa shape index (κ3) is 5.63. The Kier molecular flexibility index (Phi) is 7.51. The number of aromatic nitrogens is 4. The molecule has 0 aliphatic heterocycles. The number of hydrogen-bond acceptors (Lipinski definition) is 6. The maximum atomic E-state index is 12.4. The zero-order valence-electron chi connectivity index (χ0n) is 16.9. The number of H-pyrrole nitrogens is 1. The number of aryl methyl sites for hydroxylation is 1. The van der Waals surface area contributed by atoms with E-state index in [0.29, 0.717) is 24.3 Å². The summed E-state index contributed by atoms with van der Waals surface area (Å²) in [6.07, 6.45) is 2.73. The molecule has 9 nitrogen and oxygen atoms in total. The molecule has 3 rings (SSSR count). The number of aromatic amines is 1. The van der Waals surface area contributed by atoms with Crippen molar-refractivity contribution < 1.29 is 14.6 Å². The average molecular weight is 475 g/mol. The van der Waals surface area contributed by atoms with Gasteiger partial charge < -0.3 is 0 Å². The summed E-state index contributed by atoms with van der Waals surface area (Å²) in [7, 11) is 0. The van der Waals surface area contributed by atoms with Crippen LogP contribution in [0.15, 0.2) is 29.1 Å². The van der Waals surface area contributed by atoms with Crippen molar-refractivity contribution in [1.82, 2.24) is 19.5 Å². The van der Waals surface area contributed by atoms with Crippen LogP contribution in [-0.4, -0.2) is 53.0 Å². The Labute approximate surface area is 180 Å². The van der Waals surface area contributed by atoms with Crippen LogP contribution in [0.25, 0.3) is 11.2 Å². The number of carbonyl (C=O) groups is 1. The van der Waals surface area contributed by atoms with Crippen LogP contribution in [0.1, 0.15) is 31.7 Å². The van der Waals surface area contributed by atoms with E-state index < -0.39 is 21.7 Å². The van der Waals surface area contributed by atoms with Crippen LogP contribution in [0.5, 0.6) is 6.01 Å². The number of fused-ring (bicyclic) bond motifs is 1. The fourth-order valence-corrected chi connectivity index (χ4v) is 5.41. The molecule has 0 saturated heterocycles. The first-order valence-corrected chi connectivity index (χ1v) is 12.4. The minimum absolute atomic E-state index is 0.0362. The molecule has 0 spiro atoms. The van der Waals surface area contributed by atoms with E-state index in [4.69, 9.17) is 15.6 Å². The van der Waals surface area contributed by atoms with Crippen molar-refractivity contribution in [2.75, 3.05) is 12.3 Å². The Morgan fingerprint density at radius 3 is 2.93 bits per heavy atom. The quantitative estimate of drug-likeness (QED) is 0.279. The minimum atomic E-state index is -0.829. The molecule has 0 fully saturated rings. The number of aliphatic carboxylic acids is 1. The molecule has 0 radical (unpaired) electrons. The second-order valence-electron chi connectivity index (χ2n) is 6.93. The number of rotatable bonds is 11. The number of nitrogens with zero attached hydrogens (tertiary/aromatic N) is 3. The van der Waals surface area contributed by atoms with E-state index in [-0.39, 0.29) is 23.9 Å².